The van der Waals surface area contributed by atoms with Crippen molar-refractivity contribution in [2.24, 2.45) is 0 Å². The van der Waals surface area contributed by atoms with E-state index in [0.717, 1.165) is 19.3 Å². The molecule has 234 valence electrons. The molecule has 0 aliphatic heterocycles. The molecule has 0 heterocycles. The minimum absolute atomic E-state index is 0.227. The molecule has 0 amide bonds. The fraction of sp³-hybridized carbons (Fsp3) is 0.848. The number of aliphatic carboxylic acids is 3. The molecular formula is C33H62NO6+. The van der Waals surface area contributed by atoms with E-state index in [4.69, 9.17) is 0 Å². The maximum Gasteiger partial charge on any atom is 0.362 e. The predicted molar refractivity (Wildman–Crippen MR) is 164 cm³/mol. The highest BCUT2D eigenvalue weighted by atomic mass is 16.4. The molecule has 0 fully saturated rings. The van der Waals surface area contributed by atoms with Gasteiger partial charge < -0.3 is 15.3 Å². The van der Waals surface area contributed by atoms with Crippen LogP contribution in [0.4, 0.5) is 0 Å². The molecule has 0 aromatic rings. The molecule has 0 aliphatic carbocycles. The summed E-state index contributed by atoms with van der Waals surface area (Å²) < 4.78 is -0.475. The minimum Gasteiger partial charge on any atom is -0.477 e. The zero-order valence-electron chi connectivity index (χ0n) is 26.2. The molecule has 0 aromatic heterocycles. The van der Waals surface area contributed by atoms with Crippen LogP contribution < -0.4 is 0 Å². The van der Waals surface area contributed by atoms with Crippen molar-refractivity contribution in [1.82, 2.24) is 0 Å². The van der Waals surface area contributed by atoms with E-state index >= 15 is 0 Å². The second-order valence-corrected chi connectivity index (χ2v) is 11.8. The number of hydrogen-bond acceptors (Lipinski definition) is 3. The molecule has 0 spiro atoms. The number of quaternary nitrogens is 1. The average Bonchev–Trinajstić information content (AvgIpc) is 2.92. The Morgan fingerprint density at radius 3 is 1.07 bits per heavy atom. The number of rotatable bonds is 28. The van der Waals surface area contributed by atoms with Gasteiger partial charge in [-0.3, -0.25) is 4.48 Å². The van der Waals surface area contributed by atoms with E-state index in [-0.39, 0.29) is 6.54 Å². The summed E-state index contributed by atoms with van der Waals surface area (Å²) in [6, 6.07) is -3.36. The largest absolute Gasteiger partial charge is 0.477 e. The van der Waals surface area contributed by atoms with E-state index < -0.39 is 40.5 Å². The van der Waals surface area contributed by atoms with E-state index in [2.05, 4.69) is 19.1 Å². The molecule has 0 bridgehead atoms. The van der Waals surface area contributed by atoms with Gasteiger partial charge in [-0.2, -0.15) is 0 Å². The Morgan fingerprint density at radius 1 is 0.500 bits per heavy atom. The van der Waals surface area contributed by atoms with Crippen LogP contribution in [-0.2, 0) is 14.4 Å². The Labute approximate surface area is 245 Å². The van der Waals surface area contributed by atoms with Gasteiger partial charge in [0.25, 0.3) is 0 Å². The van der Waals surface area contributed by atoms with Crippen molar-refractivity contribution in [2.75, 3.05) is 6.54 Å². The molecule has 0 rings (SSSR count). The number of allylic oxidation sites excluding steroid dienone is 2. The van der Waals surface area contributed by atoms with Crippen molar-refractivity contribution in [3.8, 4) is 0 Å². The van der Waals surface area contributed by atoms with Crippen LogP contribution in [0, 0.1) is 0 Å². The highest BCUT2D eigenvalue weighted by Crippen LogP contribution is 2.27. The molecule has 0 saturated carbocycles. The Kier molecular flexibility index (Phi) is 22.7. The van der Waals surface area contributed by atoms with Crippen molar-refractivity contribution in [1.29, 1.82) is 0 Å². The topological polar surface area (TPSA) is 112 Å². The Morgan fingerprint density at radius 2 is 0.775 bits per heavy atom. The van der Waals surface area contributed by atoms with Crippen molar-refractivity contribution in [2.45, 2.75) is 174 Å². The van der Waals surface area contributed by atoms with E-state index in [0.29, 0.717) is 6.42 Å². The van der Waals surface area contributed by atoms with Gasteiger partial charge in [-0.05, 0) is 52.9 Å². The second-order valence-electron chi connectivity index (χ2n) is 11.8. The van der Waals surface area contributed by atoms with Crippen molar-refractivity contribution < 1.29 is 34.2 Å². The maximum absolute atomic E-state index is 11.8. The van der Waals surface area contributed by atoms with Gasteiger partial charge in [0.2, 0.25) is 0 Å². The van der Waals surface area contributed by atoms with Gasteiger partial charge >= 0.3 is 17.9 Å². The summed E-state index contributed by atoms with van der Waals surface area (Å²) in [5, 5.41) is 29.0. The van der Waals surface area contributed by atoms with Crippen molar-refractivity contribution in [3.63, 3.8) is 0 Å². The van der Waals surface area contributed by atoms with E-state index in [1.54, 1.807) is 0 Å². The summed E-state index contributed by atoms with van der Waals surface area (Å²) >= 11 is 0. The van der Waals surface area contributed by atoms with E-state index in [9.17, 15) is 29.7 Å². The normalized spacial score (nSPS) is 15.5. The van der Waals surface area contributed by atoms with Crippen molar-refractivity contribution in [3.05, 3.63) is 12.2 Å². The quantitative estimate of drug-likeness (QED) is 0.0495. The van der Waals surface area contributed by atoms with Crippen LogP contribution in [-0.4, -0.2) is 62.4 Å². The monoisotopic (exact) mass is 568 g/mol. The minimum atomic E-state index is -1.17. The molecule has 3 N–H and O–H groups in total. The zero-order chi connectivity index (χ0) is 30.2. The number of nitrogens with zero attached hydrogens (tertiary/aromatic N) is 1. The molecule has 7 nitrogen and oxygen atoms in total. The summed E-state index contributed by atoms with van der Waals surface area (Å²) in [5.74, 6) is -3.51. The molecule has 7 heteroatoms. The molecular weight excluding hydrogens is 506 g/mol. The highest BCUT2D eigenvalue weighted by Gasteiger charge is 2.52. The lowest BCUT2D eigenvalue weighted by atomic mass is 9.99. The first kappa shape index (κ1) is 38.1. The van der Waals surface area contributed by atoms with Gasteiger partial charge in [0.15, 0.2) is 18.1 Å². The van der Waals surface area contributed by atoms with Crippen LogP contribution in [0.3, 0.4) is 0 Å². The number of carboxylic acids is 3. The van der Waals surface area contributed by atoms with Gasteiger partial charge in [0.1, 0.15) is 0 Å². The Balaban J connectivity index is 3.96. The lowest BCUT2D eigenvalue weighted by molar-refractivity contribution is -0.968. The van der Waals surface area contributed by atoms with Gasteiger partial charge in [0, 0.05) is 0 Å². The number of carbonyl (C=O) groups is 3. The number of carboxylic acid groups (broad SMARTS) is 3. The average molecular weight is 569 g/mol. The summed E-state index contributed by atoms with van der Waals surface area (Å²) in [4.78, 5) is 35.5. The first-order chi connectivity index (χ1) is 19.1. The van der Waals surface area contributed by atoms with Crippen LogP contribution in [0.2, 0.25) is 0 Å². The van der Waals surface area contributed by atoms with Crippen LogP contribution in [0.15, 0.2) is 12.2 Å². The van der Waals surface area contributed by atoms with Gasteiger partial charge in [-0.25, -0.2) is 14.4 Å². The summed E-state index contributed by atoms with van der Waals surface area (Å²) in [6.07, 6.45) is 29.2. The summed E-state index contributed by atoms with van der Waals surface area (Å²) in [5.41, 5.74) is 0. The second kappa shape index (κ2) is 23.8. The first-order valence-corrected chi connectivity index (χ1v) is 16.3. The van der Waals surface area contributed by atoms with E-state index in [1.807, 2.05) is 0 Å². The number of hydrogen-bond donors (Lipinski definition) is 3. The van der Waals surface area contributed by atoms with Crippen LogP contribution in [0.1, 0.15) is 156 Å². The summed E-state index contributed by atoms with van der Waals surface area (Å²) in [6.45, 7) is 6.75. The van der Waals surface area contributed by atoms with Crippen molar-refractivity contribution >= 4 is 17.9 Å². The molecule has 0 radical (unpaired) electrons. The molecule has 3 unspecified atom stereocenters. The number of unbranched alkanes of at least 4 members (excludes halogenated alkanes) is 18. The van der Waals surface area contributed by atoms with Crippen LogP contribution in [0.5, 0.6) is 0 Å². The smallest absolute Gasteiger partial charge is 0.362 e. The zero-order valence-corrected chi connectivity index (χ0v) is 26.2. The molecule has 0 saturated heterocycles. The Hall–Kier alpha value is -1.89. The molecule has 0 aliphatic rings. The third-order valence-corrected chi connectivity index (χ3v) is 8.79. The van der Waals surface area contributed by atoms with Crippen LogP contribution in [0.25, 0.3) is 0 Å². The Bertz CT molecular complexity index is 657. The fourth-order valence-electron chi connectivity index (χ4n) is 5.88. The fourth-order valence-corrected chi connectivity index (χ4v) is 5.88. The molecule has 0 aromatic carbocycles. The van der Waals surface area contributed by atoms with Gasteiger partial charge in [-0.1, -0.05) is 115 Å². The lowest BCUT2D eigenvalue weighted by Gasteiger charge is -2.47. The molecule has 40 heavy (non-hydrogen) atoms. The third kappa shape index (κ3) is 15.8. The molecule has 3 atom stereocenters. The lowest BCUT2D eigenvalue weighted by Crippen LogP contribution is -2.70. The maximum atomic E-state index is 11.8. The van der Waals surface area contributed by atoms with E-state index in [1.165, 1.54) is 124 Å². The SMILES string of the molecule is CCCC/C=C/CCCCCCCCCCCCCCCCCC[N+](C(C)C(=O)O)(C(C)C(=O)O)C(C)C(=O)O. The summed E-state index contributed by atoms with van der Waals surface area (Å²) in [7, 11) is 0. The standard InChI is InChI=1S/C33H61NO6/c1-5-6-7-8-9-10-11-12-13-14-15-16-17-18-19-20-21-22-23-24-25-26-27-34(28(2)31(35)36,29(3)32(37)38)30(4)33(39)40/h8-9,28-30H,5-7,10-27H2,1-4H3,(H2-,35,36,37,38,39,40)/p+1/b9-8+. The van der Waals surface area contributed by atoms with Gasteiger partial charge in [0.05, 0.1) is 6.54 Å². The first-order valence-electron chi connectivity index (χ1n) is 16.3. The third-order valence-electron chi connectivity index (χ3n) is 8.79. The predicted octanol–water partition coefficient (Wildman–Crippen LogP) is 8.60. The highest BCUT2D eigenvalue weighted by molar-refractivity contribution is 5.77. The van der Waals surface area contributed by atoms with Gasteiger partial charge in [-0.15, -0.1) is 0 Å². The van der Waals surface area contributed by atoms with Crippen LogP contribution >= 0.6 is 0 Å².